The summed E-state index contributed by atoms with van der Waals surface area (Å²) >= 11 is 1.35. The normalized spacial score (nSPS) is 10.9. The van der Waals surface area contributed by atoms with Crippen LogP contribution < -0.4 is 10.1 Å². The summed E-state index contributed by atoms with van der Waals surface area (Å²) in [6, 6.07) is 5.97. The van der Waals surface area contributed by atoms with Crippen molar-refractivity contribution in [3.63, 3.8) is 0 Å². The average Bonchev–Trinajstić information content (AvgIpc) is 3.20. The molecule has 0 spiro atoms. The minimum atomic E-state index is -0.0157. The van der Waals surface area contributed by atoms with E-state index in [2.05, 4.69) is 25.7 Å². The van der Waals surface area contributed by atoms with Gasteiger partial charge in [0.25, 0.3) is 0 Å². The third-order valence-corrected chi connectivity index (χ3v) is 4.67. The zero-order chi connectivity index (χ0) is 16.9. The zero-order valence-corrected chi connectivity index (χ0v) is 14.4. The van der Waals surface area contributed by atoms with Crippen LogP contribution in [0, 0.1) is 6.92 Å². The standard InChI is InChI=1S/C16H19N5O2S/c1-10-12(13-7-11(23-2)3-4-14(13)19-10)5-6-17-15(22)9-24-16-8-18-21-20-16/h3-4,7-8,19H,5-6,9H2,1-2H3,(H,17,22)(H,18,20,21). The van der Waals surface area contributed by atoms with E-state index in [4.69, 9.17) is 4.74 Å². The number of benzene rings is 1. The molecule has 126 valence electrons. The Morgan fingerprint density at radius 2 is 2.29 bits per heavy atom. The molecule has 3 aromatic rings. The number of hydrogen-bond acceptors (Lipinski definition) is 5. The molecule has 0 aliphatic rings. The van der Waals surface area contributed by atoms with Gasteiger partial charge in [-0.3, -0.25) is 4.79 Å². The second-order valence-electron chi connectivity index (χ2n) is 5.34. The fourth-order valence-electron chi connectivity index (χ4n) is 2.59. The molecular formula is C16H19N5O2S. The van der Waals surface area contributed by atoms with E-state index in [1.54, 1.807) is 13.3 Å². The molecule has 1 aromatic carbocycles. The van der Waals surface area contributed by atoms with Crippen LogP contribution in [0.3, 0.4) is 0 Å². The number of nitrogens with one attached hydrogen (secondary N) is 3. The van der Waals surface area contributed by atoms with Gasteiger partial charge >= 0.3 is 0 Å². The summed E-state index contributed by atoms with van der Waals surface area (Å²) in [7, 11) is 1.66. The Labute approximate surface area is 143 Å². The highest BCUT2D eigenvalue weighted by Gasteiger charge is 2.10. The van der Waals surface area contributed by atoms with Crippen molar-refractivity contribution in [1.82, 2.24) is 25.7 Å². The molecule has 0 aliphatic carbocycles. The second-order valence-corrected chi connectivity index (χ2v) is 6.33. The van der Waals surface area contributed by atoms with Crippen molar-refractivity contribution < 1.29 is 9.53 Å². The van der Waals surface area contributed by atoms with E-state index in [1.807, 2.05) is 25.1 Å². The quantitative estimate of drug-likeness (QED) is 0.570. The molecule has 0 bridgehead atoms. The molecule has 0 radical (unpaired) electrons. The Bertz CT molecular complexity index is 828. The Morgan fingerprint density at radius 3 is 3.04 bits per heavy atom. The van der Waals surface area contributed by atoms with Crippen LogP contribution in [0.4, 0.5) is 0 Å². The van der Waals surface area contributed by atoms with Crippen molar-refractivity contribution in [1.29, 1.82) is 0 Å². The minimum Gasteiger partial charge on any atom is -0.497 e. The summed E-state index contributed by atoms with van der Waals surface area (Å²) in [6.07, 6.45) is 2.36. The number of thioether (sulfide) groups is 1. The van der Waals surface area contributed by atoms with Gasteiger partial charge in [-0.05, 0) is 37.1 Å². The molecule has 0 fully saturated rings. The third kappa shape index (κ3) is 3.70. The van der Waals surface area contributed by atoms with E-state index in [0.29, 0.717) is 17.3 Å². The molecule has 0 saturated carbocycles. The van der Waals surface area contributed by atoms with Crippen LogP contribution >= 0.6 is 11.8 Å². The number of ether oxygens (including phenoxy) is 1. The van der Waals surface area contributed by atoms with Crippen molar-refractivity contribution in [3.05, 3.63) is 35.7 Å². The number of methoxy groups -OCH3 is 1. The predicted octanol–water partition coefficient (Wildman–Crippen LogP) is 2.05. The van der Waals surface area contributed by atoms with E-state index >= 15 is 0 Å². The van der Waals surface area contributed by atoms with Crippen molar-refractivity contribution in [2.45, 2.75) is 18.4 Å². The van der Waals surface area contributed by atoms with E-state index in [1.165, 1.54) is 17.3 Å². The highest BCUT2D eigenvalue weighted by Crippen LogP contribution is 2.26. The summed E-state index contributed by atoms with van der Waals surface area (Å²) in [4.78, 5) is 15.3. The molecule has 3 rings (SSSR count). The molecule has 24 heavy (non-hydrogen) atoms. The van der Waals surface area contributed by atoms with Crippen LogP contribution in [0.25, 0.3) is 10.9 Å². The molecular weight excluding hydrogens is 326 g/mol. The lowest BCUT2D eigenvalue weighted by atomic mass is 10.1. The zero-order valence-electron chi connectivity index (χ0n) is 13.5. The van der Waals surface area contributed by atoms with Gasteiger partial charge in [-0.25, -0.2) is 0 Å². The average molecular weight is 345 g/mol. The smallest absolute Gasteiger partial charge is 0.230 e. The van der Waals surface area contributed by atoms with Gasteiger partial charge in [-0.2, -0.15) is 10.3 Å². The first kappa shape index (κ1) is 16.4. The number of carbonyl (C=O) groups is 1. The SMILES string of the molecule is COc1ccc2[nH]c(C)c(CCNC(=O)CSc3cn[nH]n3)c2c1. The van der Waals surface area contributed by atoms with Crippen molar-refractivity contribution in [3.8, 4) is 5.75 Å². The van der Waals surface area contributed by atoms with Crippen LogP contribution in [0.5, 0.6) is 5.75 Å². The molecule has 1 amide bonds. The maximum Gasteiger partial charge on any atom is 0.230 e. The Kier molecular flexibility index (Phi) is 5.05. The monoisotopic (exact) mass is 345 g/mol. The minimum absolute atomic E-state index is 0.0157. The van der Waals surface area contributed by atoms with Crippen molar-refractivity contribution in [2.24, 2.45) is 0 Å². The number of hydrogen-bond donors (Lipinski definition) is 3. The number of nitrogens with zero attached hydrogens (tertiary/aromatic N) is 2. The number of carbonyl (C=O) groups excluding carboxylic acids is 1. The molecule has 0 unspecified atom stereocenters. The van der Waals surface area contributed by atoms with Gasteiger partial charge in [-0.15, -0.1) is 5.10 Å². The van der Waals surface area contributed by atoms with Gasteiger partial charge in [0.15, 0.2) is 0 Å². The summed E-state index contributed by atoms with van der Waals surface area (Å²) < 4.78 is 5.30. The molecule has 0 atom stereocenters. The molecule has 7 nitrogen and oxygen atoms in total. The van der Waals surface area contributed by atoms with Gasteiger partial charge in [0.1, 0.15) is 10.8 Å². The molecule has 0 saturated heterocycles. The van der Waals surface area contributed by atoms with Crippen LogP contribution in [-0.2, 0) is 11.2 Å². The lowest BCUT2D eigenvalue weighted by molar-refractivity contribution is -0.118. The number of aryl methyl sites for hydroxylation is 1. The van der Waals surface area contributed by atoms with Crippen LogP contribution in [0.15, 0.2) is 29.4 Å². The van der Waals surface area contributed by atoms with Crippen LogP contribution in [-0.4, -0.2) is 45.7 Å². The summed E-state index contributed by atoms with van der Waals surface area (Å²) in [5, 5.41) is 14.9. The van der Waals surface area contributed by atoms with E-state index in [9.17, 15) is 4.79 Å². The van der Waals surface area contributed by atoms with E-state index < -0.39 is 0 Å². The van der Waals surface area contributed by atoms with Gasteiger partial charge in [-0.1, -0.05) is 11.8 Å². The first-order valence-corrected chi connectivity index (χ1v) is 8.56. The largest absolute Gasteiger partial charge is 0.497 e. The van der Waals surface area contributed by atoms with Gasteiger partial charge in [0.2, 0.25) is 5.91 Å². The van der Waals surface area contributed by atoms with E-state index in [-0.39, 0.29) is 5.91 Å². The molecule has 8 heteroatoms. The van der Waals surface area contributed by atoms with Crippen molar-refractivity contribution in [2.75, 3.05) is 19.4 Å². The van der Waals surface area contributed by atoms with Gasteiger partial charge in [0.05, 0.1) is 19.1 Å². The van der Waals surface area contributed by atoms with Crippen LogP contribution in [0.1, 0.15) is 11.3 Å². The first-order chi connectivity index (χ1) is 11.7. The number of H-pyrrole nitrogens is 2. The molecule has 2 heterocycles. The Morgan fingerprint density at radius 1 is 1.42 bits per heavy atom. The summed E-state index contributed by atoms with van der Waals surface area (Å²) in [5.74, 6) is 1.14. The highest BCUT2D eigenvalue weighted by atomic mass is 32.2. The number of rotatable bonds is 7. The second kappa shape index (κ2) is 7.39. The fourth-order valence-corrected chi connectivity index (χ4v) is 3.20. The lowest BCUT2D eigenvalue weighted by Crippen LogP contribution is -2.27. The summed E-state index contributed by atoms with van der Waals surface area (Å²) in [6.45, 7) is 2.63. The van der Waals surface area contributed by atoms with E-state index in [0.717, 1.165) is 28.8 Å². The topological polar surface area (TPSA) is 95.7 Å². The van der Waals surface area contributed by atoms with Crippen LogP contribution in [0.2, 0.25) is 0 Å². The first-order valence-electron chi connectivity index (χ1n) is 7.58. The lowest BCUT2D eigenvalue weighted by Gasteiger charge is -2.06. The molecule has 3 N–H and O–H groups in total. The number of aromatic amines is 2. The predicted molar refractivity (Wildman–Crippen MR) is 93.4 cm³/mol. The number of aromatic nitrogens is 4. The third-order valence-electron chi connectivity index (χ3n) is 3.77. The highest BCUT2D eigenvalue weighted by molar-refractivity contribution is 7.99. The van der Waals surface area contributed by atoms with Crippen molar-refractivity contribution >= 4 is 28.6 Å². The number of amides is 1. The Balaban J connectivity index is 1.57. The van der Waals surface area contributed by atoms with Gasteiger partial charge < -0.3 is 15.0 Å². The Hall–Kier alpha value is -2.48. The maximum atomic E-state index is 11.9. The maximum absolute atomic E-state index is 11.9. The number of fused-ring (bicyclic) bond motifs is 1. The molecule has 0 aliphatic heterocycles. The summed E-state index contributed by atoms with van der Waals surface area (Å²) in [5.41, 5.74) is 3.40. The molecule has 2 aromatic heterocycles. The van der Waals surface area contributed by atoms with Gasteiger partial charge in [0, 0.05) is 23.1 Å². The fraction of sp³-hybridized carbons (Fsp3) is 0.312.